The number of nitrogens with zero attached hydrogens (tertiary/aromatic N) is 1. The first kappa shape index (κ1) is 8.70. The molecule has 0 atom stereocenters. The molecular weight excluding hydrogens is 138 g/mol. The lowest BCUT2D eigenvalue weighted by atomic mass is 10.8. The number of carbonyl (C=O) groups is 2. The monoisotopic (exact) mass is 147 g/mol. The third-order valence-corrected chi connectivity index (χ3v) is 0.812. The number of hydroxylamine groups is 2. The van der Waals surface area contributed by atoms with Crippen LogP contribution in [0.4, 0.5) is 9.59 Å². The summed E-state index contributed by atoms with van der Waals surface area (Å²) in [5.41, 5.74) is 0. The van der Waals surface area contributed by atoms with Crippen LogP contribution in [0.1, 0.15) is 0 Å². The van der Waals surface area contributed by atoms with Crippen molar-refractivity contribution in [2.45, 2.75) is 0 Å². The summed E-state index contributed by atoms with van der Waals surface area (Å²) < 4.78 is 0. The summed E-state index contributed by atoms with van der Waals surface area (Å²) in [6.07, 6.45) is 0. The molecule has 0 saturated heterocycles. The zero-order valence-corrected chi connectivity index (χ0v) is 5.71. The van der Waals surface area contributed by atoms with Crippen LogP contribution in [0.5, 0.6) is 0 Å². The lowest BCUT2D eigenvalue weighted by molar-refractivity contribution is -0.00131. The zero-order valence-electron chi connectivity index (χ0n) is 5.71. The molecule has 0 spiro atoms. The number of amides is 4. The summed E-state index contributed by atoms with van der Waals surface area (Å²) in [6, 6.07) is -1.75. The van der Waals surface area contributed by atoms with Crippen molar-refractivity contribution in [2.75, 3.05) is 14.1 Å². The smallest absolute Gasteiger partial charge is 0.339 e. The van der Waals surface area contributed by atoms with Crippen LogP contribution in [0.25, 0.3) is 0 Å². The van der Waals surface area contributed by atoms with E-state index in [2.05, 4.69) is 10.6 Å². The third kappa shape index (κ3) is 1.90. The van der Waals surface area contributed by atoms with Crippen LogP contribution < -0.4 is 10.6 Å². The van der Waals surface area contributed by atoms with Crippen molar-refractivity contribution in [3.63, 3.8) is 0 Å². The molecule has 0 aliphatic heterocycles. The number of hydrogen-bond donors (Lipinski definition) is 3. The Balaban J connectivity index is 3.94. The van der Waals surface area contributed by atoms with Gasteiger partial charge in [0.25, 0.3) is 0 Å². The van der Waals surface area contributed by atoms with E-state index in [0.29, 0.717) is 0 Å². The predicted octanol–water partition coefficient (Wildman–Crippen LogP) is -0.644. The molecule has 0 aliphatic rings. The molecule has 4 amide bonds. The summed E-state index contributed by atoms with van der Waals surface area (Å²) in [7, 11) is 2.60. The molecule has 0 heterocycles. The number of urea groups is 2. The largest absolute Gasteiger partial charge is 0.349 e. The summed E-state index contributed by atoms with van der Waals surface area (Å²) in [4.78, 5) is 20.8. The van der Waals surface area contributed by atoms with E-state index in [9.17, 15) is 9.59 Å². The fourth-order valence-corrected chi connectivity index (χ4v) is 0.304. The highest BCUT2D eigenvalue weighted by molar-refractivity contribution is 5.91. The van der Waals surface area contributed by atoms with Gasteiger partial charge in [-0.05, 0) is 0 Å². The fraction of sp³-hybridized carbons (Fsp3) is 0.500. The summed E-state index contributed by atoms with van der Waals surface area (Å²) >= 11 is 0. The van der Waals surface area contributed by atoms with Gasteiger partial charge < -0.3 is 10.6 Å². The van der Waals surface area contributed by atoms with Gasteiger partial charge in [-0.2, -0.15) is 0 Å². The molecule has 0 aliphatic carbocycles. The van der Waals surface area contributed by atoms with E-state index in [4.69, 9.17) is 5.21 Å². The van der Waals surface area contributed by atoms with Crippen LogP contribution in [0.3, 0.4) is 0 Å². The van der Waals surface area contributed by atoms with E-state index in [-0.39, 0.29) is 5.06 Å². The van der Waals surface area contributed by atoms with E-state index in [1.807, 2.05) is 0 Å². The minimum absolute atomic E-state index is 0.0556. The van der Waals surface area contributed by atoms with Crippen molar-refractivity contribution in [2.24, 2.45) is 0 Å². The predicted molar refractivity (Wildman–Crippen MR) is 32.5 cm³/mol. The number of rotatable bonds is 0. The molecule has 0 aromatic rings. The van der Waals surface area contributed by atoms with Gasteiger partial charge in [-0.3, -0.25) is 5.21 Å². The molecule has 0 unspecified atom stereocenters. The molecule has 6 nitrogen and oxygen atoms in total. The molecule has 0 rings (SSSR count). The second-order valence-corrected chi connectivity index (χ2v) is 1.42. The van der Waals surface area contributed by atoms with Crippen molar-refractivity contribution in [1.29, 1.82) is 0 Å². The minimum Gasteiger partial charge on any atom is -0.339 e. The molecule has 0 bridgehead atoms. The lowest BCUT2D eigenvalue weighted by Gasteiger charge is -2.10. The maximum atomic E-state index is 10.4. The first-order valence-electron chi connectivity index (χ1n) is 2.56. The van der Waals surface area contributed by atoms with Crippen LogP contribution in [-0.2, 0) is 0 Å². The minimum atomic E-state index is -0.876. The number of hydrogen-bond acceptors (Lipinski definition) is 3. The first-order chi connectivity index (χ1) is 4.63. The maximum absolute atomic E-state index is 10.4. The van der Waals surface area contributed by atoms with Gasteiger partial charge in [0.1, 0.15) is 0 Å². The lowest BCUT2D eigenvalue weighted by Crippen LogP contribution is -2.44. The van der Waals surface area contributed by atoms with Crippen molar-refractivity contribution in [3.05, 3.63) is 0 Å². The normalized spacial score (nSPS) is 8.30. The van der Waals surface area contributed by atoms with Crippen LogP contribution in [-0.4, -0.2) is 36.4 Å². The van der Waals surface area contributed by atoms with Gasteiger partial charge in [-0.15, -0.1) is 5.06 Å². The second kappa shape index (κ2) is 3.67. The Morgan fingerprint density at radius 2 is 1.50 bits per heavy atom. The maximum Gasteiger partial charge on any atom is 0.349 e. The van der Waals surface area contributed by atoms with Gasteiger partial charge >= 0.3 is 12.1 Å². The summed E-state index contributed by atoms with van der Waals surface area (Å²) in [5.74, 6) is 0. The molecule has 58 valence electrons. The molecule has 0 saturated carbocycles. The fourth-order valence-electron chi connectivity index (χ4n) is 0.304. The van der Waals surface area contributed by atoms with Crippen molar-refractivity contribution < 1.29 is 14.8 Å². The Hall–Kier alpha value is -1.30. The zero-order chi connectivity index (χ0) is 8.15. The van der Waals surface area contributed by atoms with Gasteiger partial charge in [0.05, 0.1) is 0 Å². The van der Waals surface area contributed by atoms with Gasteiger partial charge in [-0.1, -0.05) is 0 Å². The van der Waals surface area contributed by atoms with Gasteiger partial charge in [0.2, 0.25) is 0 Å². The van der Waals surface area contributed by atoms with Gasteiger partial charge in [0.15, 0.2) is 0 Å². The highest BCUT2D eigenvalue weighted by atomic mass is 16.5. The Bertz CT molecular complexity index is 131. The first-order valence-corrected chi connectivity index (χ1v) is 2.56. The molecule has 6 heteroatoms. The molecule has 3 N–H and O–H groups in total. The third-order valence-electron chi connectivity index (χ3n) is 0.812. The number of imide groups is 1. The summed E-state index contributed by atoms with van der Waals surface area (Å²) in [5, 5.41) is 12.7. The van der Waals surface area contributed by atoms with E-state index < -0.39 is 12.1 Å². The molecule has 10 heavy (non-hydrogen) atoms. The van der Waals surface area contributed by atoms with E-state index in [0.717, 1.165) is 0 Å². The molecule has 0 aromatic carbocycles. The molecule has 0 fully saturated rings. The number of nitrogens with one attached hydrogen (secondary N) is 2. The quantitative estimate of drug-likeness (QED) is 0.315. The molecular formula is C4H9N3O3. The van der Waals surface area contributed by atoms with Crippen LogP contribution >= 0.6 is 0 Å². The Kier molecular flexibility index (Phi) is 3.20. The Morgan fingerprint density at radius 1 is 1.20 bits per heavy atom. The topological polar surface area (TPSA) is 81.7 Å². The average Bonchev–Trinajstić information content (AvgIpc) is 2.00. The van der Waals surface area contributed by atoms with Crippen LogP contribution in [0.2, 0.25) is 0 Å². The highest BCUT2D eigenvalue weighted by Gasteiger charge is 2.14. The van der Waals surface area contributed by atoms with Crippen LogP contribution in [0, 0.1) is 0 Å². The van der Waals surface area contributed by atoms with Gasteiger partial charge in [0, 0.05) is 14.1 Å². The highest BCUT2D eigenvalue weighted by Crippen LogP contribution is 1.81. The number of carbonyl (C=O) groups excluding carboxylic acids is 2. The Labute approximate surface area is 57.8 Å². The second-order valence-electron chi connectivity index (χ2n) is 1.42. The SMILES string of the molecule is CNC(=O)N(O)C(=O)NC. The van der Waals surface area contributed by atoms with Crippen molar-refractivity contribution in [1.82, 2.24) is 15.7 Å². The Morgan fingerprint density at radius 3 is 1.70 bits per heavy atom. The summed E-state index contributed by atoms with van der Waals surface area (Å²) in [6.45, 7) is 0. The van der Waals surface area contributed by atoms with E-state index in [1.54, 1.807) is 0 Å². The van der Waals surface area contributed by atoms with Crippen molar-refractivity contribution >= 4 is 12.1 Å². The average molecular weight is 147 g/mol. The van der Waals surface area contributed by atoms with Crippen LogP contribution in [0.15, 0.2) is 0 Å². The van der Waals surface area contributed by atoms with E-state index in [1.165, 1.54) is 14.1 Å². The van der Waals surface area contributed by atoms with Gasteiger partial charge in [-0.25, -0.2) is 9.59 Å². The molecule has 0 radical (unpaired) electrons. The molecule has 0 aromatic heterocycles. The van der Waals surface area contributed by atoms with E-state index >= 15 is 0 Å². The van der Waals surface area contributed by atoms with Crippen molar-refractivity contribution in [3.8, 4) is 0 Å². The standard InChI is InChI=1S/C4H9N3O3/c1-5-3(8)7(10)4(9)6-2/h10H,1-2H3,(H,5,8)(H,6,9).